The van der Waals surface area contributed by atoms with Gasteiger partial charge in [-0.2, -0.15) is 4.80 Å². The monoisotopic (exact) mass is 338 g/mol. The molecule has 0 unspecified atom stereocenters. The van der Waals surface area contributed by atoms with Gasteiger partial charge in [0.1, 0.15) is 6.54 Å². The standard InChI is InChI=1S/C18H15ClN4O/c19-16-7-2-1-6-15(16)18-20-22-23(21-18)11-17(24)14-9-8-12-4-3-5-13(12)10-14/h1-2,6-10H,3-5,11H2. The number of fused-ring (bicyclic) bond motifs is 1. The molecule has 1 aromatic heterocycles. The smallest absolute Gasteiger partial charge is 0.206 e. The lowest BCUT2D eigenvalue weighted by Gasteiger charge is -2.03. The zero-order chi connectivity index (χ0) is 16.5. The van der Waals surface area contributed by atoms with Crippen LogP contribution in [-0.2, 0) is 19.4 Å². The van der Waals surface area contributed by atoms with Crippen LogP contribution in [0.15, 0.2) is 42.5 Å². The first-order valence-corrected chi connectivity index (χ1v) is 8.26. The number of ketones is 1. The van der Waals surface area contributed by atoms with Crippen LogP contribution in [-0.4, -0.2) is 26.0 Å². The molecule has 2 aromatic carbocycles. The van der Waals surface area contributed by atoms with Crippen LogP contribution < -0.4 is 0 Å². The highest BCUT2D eigenvalue weighted by molar-refractivity contribution is 6.33. The van der Waals surface area contributed by atoms with Crippen molar-refractivity contribution < 1.29 is 4.79 Å². The summed E-state index contributed by atoms with van der Waals surface area (Å²) in [4.78, 5) is 13.8. The van der Waals surface area contributed by atoms with Crippen LogP contribution in [0.5, 0.6) is 0 Å². The van der Waals surface area contributed by atoms with Crippen molar-refractivity contribution in [2.24, 2.45) is 0 Å². The van der Waals surface area contributed by atoms with Crippen LogP contribution in [0.4, 0.5) is 0 Å². The minimum absolute atomic E-state index is 0.0205. The molecule has 1 aliphatic rings. The fraction of sp³-hybridized carbons (Fsp3) is 0.222. The van der Waals surface area contributed by atoms with Gasteiger partial charge in [-0.05, 0) is 53.8 Å². The molecule has 0 fully saturated rings. The summed E-state index contributed by atoms with van der Waals surface area (Å²) in [5.74, 6) is 0.398. The average Bonchev–Trinajstić information content (AvgIpc) is 3.23. The number of carbonyl (C=O) groups excluding carboxylic acids is 1. The molecular formula is C18H15ClN4O. The van der Waals surface area contributed by atoms with Crippen LogP contribution >= 0.6 is 11.6 Å². The maximum atomic E-state index is 12.5. The second kappa shape index (κ2) is 6.17. The van der Waals surface area contributed by atoms with E-state index in [2.05, 4.69) is 21.5 Å². The number of aromatic nitrogens is 4. The third kappa shape index (κ3) is 2.83. The Hall–Kier alpha value is -2.53. The van der Waals surface area contributed by atoms with E-state index in [1.807, 2.05) is 30.3 Å². The lowest BCUT2D eigenvalue weighted by molar-refractivity contribution is 0.0961. The highest BCUT2D eigenvalue weighted by Crippen LogP contribution is 2.24. The molecule has 4 rings (SSSR count). The fourth-order valence-corrected chi connectivity index (χ4v) is 3.25. The van der Waals surface area contributed by atoms with Crippen molar-refractivity contribution in [2.75, 3.05) is 0 Å². The topological polar surface area (TPSA) is 60.7 Å². The summed E-state index contributed by atoms with van der Waals surface area (Å²) in [6.45, 7) is 0.0657. The molecule has 3 aromatic rings. The fourth-order valence-electron chi connectivity index (χ4n) is 3.03. The van der Waals surface area contributed by atoms with Gasteiger partial charge in [0.15, 0.2) is 5.78 Å². The quantitative estimate of drug-likeness (QED) is 0.684. The first-order chi connectivity index (χ1) is 11.7. The molecule has 6 heteroatoms. The zero-order valence-electron chi connectivity index (χ0n) is 12.9. The minimum Gasteiger partial charge on any atom is -0.292 e. The van der Waals surface area contributed by atoms with E-state index in [9.17, 15) is 4.79 Å². The van der Waals surface area contributed by atoms with Crippen molar-refractivity contribution in [1.29, 1.82) is 0 Å². The summed E-state index contributed by atoms with van der Waals surface area (Å²) < 4.78 is 0. The van der Waals surface area contributed by atoms with Crippen molar-refractivity contribution >= 4 is 17.4 Å². The second-order valence-corrected chi connectivity index (χ2v) is 6.29. The van der Waals surface area contributed by atoms with Gasteiger partial charge in [0.2, 0.25) is 5.82 Å². The van der Waals surface area contributed by atoms with Crippen molar-refractivity contribution in [3.8, 4) is 11.4 Å². The highest BCUT2D eigenvalue weighted by atomic mass is 35.5. The Morgan fingerprint density at radius 3 is 2.83 bits per heavy atom. The number of rotatable bonds is 4. The van der Waals surface area contributed by atoms with Gasteiger partial charge in [-0.1, -0.05) is 35.9 Å². The van der Waals surface area contributed by atoms with Gasteiger partial charge in [-0.15, -0.1) is 10.2 Å². The third-order valence-corrected chi connectivity index (χ3v) is 4.60. The van der Waals surface area contributed by atoms with Crippen molar-refractivity contribution in [3.05, 3.63) is 64.2 Å². The molecule has 0 N–H and O–H groups in total. The van der Waals surface area contributed by atoms with Gasteiger partial charge in [0.25, 0.3) is 0 Å². The Labute approximate surface area is 144 Å². The third-order valence-electron chi connectivity index (χ3n) is 4.27. The number of tetrazole rings is 1. The number of halogens is 1. The number of hydrogen-bond donors (Lipinski definition) is 0. The number of nitrogens with zero attached hydrogens (tertiary/aromatic N) is 4. The summed E-state index contributed by atoms with van der Waals surface area (Å²) >= 11 is 6.14. The molecule has 0 amide bonds. The Bertz CT molecular complexity index is 919. The molecular weight excluding hydrogens is 324 g/mol. The van der Waals surface area contributed by atoms with Crippen LogP contribution in [0.1, 0.15) is 27.9 Å². The molecule has 1 heterocycles. The molecule has 0 bridgehead atoms. The minimum atomic E-state index is -0.0205. The Morgan fingerprint density at radius 1 is 1.12 bits per heavy atom. The highest BCUT2D eigenvalue weighted by Gasteiger charge is 2.16. The number of hydrogen-bond acceptors (Lipinski definition) is 4. The van der Waals surface area contributed by atoms with Crippen LogP contribution in [0.25, 0.3) is 11.4 Å². The Balaban J connectivity index is 1.54. The molecule has 1 aliphatic carbocycles. The van der Waals surface area contributed by atoms with Crippen LogP contribution in [0.2, 0.25) is 5.02 Å². The molecule has 0 spiro atoms. The van der Waals surface area contributed by atoms with Gasteiger partial charge in [0.05, 0.1) is 5.02 Å². The molecule has 0 atom stereocenters. The summed E-state index contributed by atoms with van der Waals surface area (Å²) in [6.07, 6.45) is 3.32. The van der Waals surface area contributed by atoms with Gasteiger partial charge >= 0.3 is 0 Å². The lowest BCUT2D eigenvalue weighted by Crippen LogP contribution is -2.13. The van der Waals surface area contributed by atoms with E-state index in [0.29, 0.717) is 22.0 Å². The maximum Gasteiger partial charge on any atom is 0.206 e. The first kappa shape index (κ1) is 15.0. The molecule has 0 saturated heterocycles. The normalized spacial score (nSPS) is 13.0. The van der Waals surface area contributed by atoms with Crippen molar-refractivity contribution in [1.82, 2.24) is 20.2 Å². The van der Waals surface area contributed by atoms with E-state index in [1.165, 1.54) is 22.3 Å². The van der Waals surface area contributed by atoms with Gasteiger partial charge in [0, 0.05) is 11.1 Å². The maximum absolute atomic E-state index is 12.5. The van der Waals surface area contributed by atoms with E-state index in [-0.39, 0.29) is 12.3 Å². The van der Waals surface area contributed by atoms with E-state index < -0.39 is 0 Å². The van der Waals surface area contributed by atoms with Crippen molar-refractivity contribution in [3.63, 3.8) is 0 Å². The number of carbonyl (C=O) groups is 1. The van der Waals surface area contributed by atoms with E-state index in [4.69, 9.17) is 11.6 Å². The Morgan fingerprint density at radius 2 is 1.96 bits per heavy atom. The van der Waals surface area contributed by atoms with Gasteiger partial charge in [-0.25, -0.2) is 0 Å². The summed E-state index contributed by atoms with van der Waals surface area (Å²) in [5, 5.41) is 12.8. The molecule has 24 heavy (non-hydrogen) atoms. The molecule has 0 radical (unpaired) electrons. The summed E-state index contributed by atoms with van der Waals surface area (Å²) in [5.41, 5.74) is 4.04. The van der Waals surface area contributed by atoms with E-state index in [0.717, 1.165) is 12.8 Å². The summed E-state index contributed by atoms with van der Waals surface area (Å²) in [6, 6.07) is 13.2. The average molecular weight is 339 g/mol. The van der Waals surface area contributed by atoms with Gasteiger partial charge in [-0.3, -0.25) is 4.79 Å². The van der Waals surface area contributed by atoms with E-state index >= 15 is 0 Å². The zero-order valence-corrected chi connectivity index (χ0v) is 13.7. The number of aryl methyl sites for hydroxylation is 2. The second-order valence-electron chi connectivity index (χ2n) is 5.88. The SMILES string of the molecule is O=C(Cn1nnc(-c2ccccc2Cl)n1)c1ccc2c(c1)CCC2. The number of benzene rings is 2. The van der Waals surface area contributed by atoms with Gasteiger partial charge < -0.3 is 0 Å². The lowest BCUT2D eigenvalue weighted by atomic mass is 10.0. The molecule has 5 nitrogen and oxygen atoms in total. The van der Waals surface area contributed by atoms with Crippen LogP contribution in [0, 0.1) is 0 Å². The Kier molecular flexibility index (Phi) is 3.86. The molecule has 120 valence electrons. The predicted molar refractivity (Wildman–Crippen MR) is 91.1 cm³/mol. The largest absolute Gasteiger partial charge is 0.292 e. The molecule has 0 aliphatic heterocycles. The predicted octanol–water partition coefficient (Wildman–Crippen LogP) is 3.37. The summed E-state index contributed by atoms with van der Waals surface area (Å²) in [7, 11) is 0. The van der Waals surface area contributed by atoms with Crippen LogP contribution in [0.3, 0.4) is 0 Å². The first-order valence-electron chi connectivity index (χ1n) is 7.88. The number of Topliss-reactive ketones (excluding diaryl/α,β-unsaturated/α-hetero) is 1. The van der Waals surface area contributed by atoms with E-state index in [1.54, 1.807) is 6.07 Å². The van der Waals surface area contributed by atoms with Crippen molar-refractivity contribution in [2.45, 2.75) is 25.8 Å². The molecule has 0 saturated carbocycles.